The molecule has 0 saturated heterocycles. The molecule has 0 aromatic heterocycles. The van der Waals surface area contributed by atoms with Gasteiger partial charge in [-0.15, -0.1) is 0 Å². The quantitative estimate of drug-likeness (QED) is 0.848. The summed E-state index contributed by atoms with van der Waals surface area (Å²) in [6, 6.07) is 6.74. The maximum Gasteiger partial charge on any atom is 0.122 e. The van der Waals surface area contributed by atoms with Crippen molar-refractivity contribution < 1.29 is 4.74 Å². The van der Waals surface area contributed by atoms with E-state index < -0.39 is 0 Å². The zero-order valence-electron chi connectivity index (χ0n) is 10.3. The van der Waals surface area contributed by atoms with Crippen molar-refractivity contribution in [3.05, 3.63) is 29.3 Å². The van der Waals surface area contributed by atoms with Crippen LogP contribution in [0.1, 0.15) is 49.3 Å². The molecular formula is C15H21NO. The molecule has 3 rings (SSSR count). The number of hydrogen-bond acceptors (Lipinski definition) is 2. The van der Waals surface area contributed by atoms with Gasteiger partial charge in [0.2, 0.25) is 0 Å². The van der Waals surface area contributed by atoms with E-state index in [1.807, 2.05) is 0 Å². The number of ether oxygens (including phenoxy) is 1. The average molecular weight is 231 g/mol. The molecule has 92 valence electrons. The van der Waals surface area contributed by atoms with Gasteiger partial charge in [-0.3, -0.25) is 0 Å². The van der Waals surface area contributed by atoms with Crippen molar-refractivity contribution in [1.82, 2.24) is 0 Å². The van der Waals surface area contributed by atoms with Gasteiger partial charge in [-0.05, 0) is 36.0 Å². The predicted molar refractivity (Wildman–Crippen MR) is 69.1 cm³/mol. The highest BCUT2D eigenvalue weighted by atomic mass is 16.5. The normalized spacial score (nSPS) is 21.9. The van der Waals surface area contributed by atoms with Crippen LogP contribution in [0.4, 0.5) is 0 Å². The zero-order valence-corrected chi connectivity index (χ0v) is 10.3. The number of benzene rings is 1. The summed E-state index contributed by atoms with van der Waals surface area (Å²) in [4.78, 5) is 0. The van der Waals surface area contributed by atoms with E-state index in [1.54, 1.807) is 0 Å². The van der Waals surface area contributed by atoms with Crippen molar-refractivity contribution in [2.75, 3.05) is 6.61 Å². The van der Waals surface area contributed by atoms with Crippen LogP contribution in [-0.2, 0) is 6.42 Å². The summed E-state index contributed by atoms with van der Waals surface area (Å²) in [5.41, 5.74) is 9.07. The lowest BCUT2D eigenvalue weighted by atomic mass is 9.81. The molecule has 1 aromatic rings. The summed E-state index contributed by atoms with van der Waals surface area (Å²) in [6.07, 6.45) is 7.74. The summed E-state index contributed by atoms with van der Waals surface area (Å²) in [5, 5.41) is 0. The molecule has 0 amide bonds. The third kappa shape index (κ3) is 2.19. The van der Waals surface area contributed by atoms with Gasteiger partial charge in [-0.25, -0.2) is 0 Å². The number of hydrogen-bond donors (Lipinski definition) is 1. The number of rotatable bonds is 2. The summed E-state index contributed by atoms with van der Waals surface area (Å²) >= 11 is 0. The molecule has 0 unspecified atom stereocenters. The molecule has 2 aliphatic rings. The second-order valence-electron chi connectivity index (χ2n) is 5.39. The van der Waals surface area contributed by atoms with E-state index in [-0.39, 0.29) is 6.04 Å². The van der Waals surface area contributed by atoms with Crippen molar-refractivity contribution in [3.63, 3.8) is 0 Å². The van der Waals surface area contributed by atoms with Gasteiger partial charge in [0.15, 0.2) is 0 Å². The molecule has 2 N–H and O–H groups in total. The van der Waals surface area contributed by atoms with E-state index in [2.05, 4.69) is 18.2 Å². The van der Waals surface area contributed by atoms with E-state index in [4.69, 9.17) is 10.5 Å². The molecular weight excluding hydrogens is 210 g/mol. The lowest BCUT2D eigenvalue weighted by Crippen LogP contribution is -2.23. The van der Waals surface area contributed by atoms with E-state index in [0.29, 0.717) is 5.92 Å². The van der Waals surface area contributed by atoms with Crippen LogP contribution in [0, 0.1) is 5.92 Å². The van der Waals surface area contributed by atoms with Crippen LogP contribution in [0.5, 0.6) is 5.75 Å². The van der Waals surface area contributed by atoms with Gasteiger partial charge in [0.1, 0.15) is 5.75 Å². The van der Waals surface area contributed by atoms with Crippen LogP contribution in [0.3, 0.4) is 0 Å². The minimum atomic E-state index is 0.223. The van der Waals surface area contributed by atoms with Crippen molar-refractivity contribution >= 4 is 0 Å². The Morgan fingerprint density at radius 1 is 1.18 bits per heavy atom. The minimum absolute atomic E-state index is 0.223. The Morgan fingerprint density at radius 3 is 2.82 bits per heavy atom. The van der Waals surface area contributed by atoms with Crippen LogP contribution >= 0.6 is 0 Å². The van der Waals surface area contributed by atoms with Crippen LogP contribution < -0.4 is 10.5 Å². The second kappa shape index (κ2) is 4.69. The third-order valence-electron chi connectivity index (χ3n) is 4.26. The van der Waals surface area contributed by atoms with Gasteiger partial charge < -0.3 is 10.5 Å². The summed E-state index contributed by atoms with van der Waals surface area (Å²) < 4.78 is 5.54. The van der Waals surface area contributed by atoms with Crippen LogP contribution in [0.2, 0.25) is 0 Å². The standard InChI is InChI=1S/C15H21NO/c16-15(11-4-2-1-3-5-11)13-6-7-14-12(10-13)8-9-17-14/h6-7,10-11,15H,1-5,8-9,16H2/t15-/m1/s1. The summed E-state index contributed by atoms with van der Waals surface area (Å²) in [5.74, 6) is 1.74. The first-order chi connectivity index (χ1) is 8.34. The van der Waals surface area contributed by atoms with Crippen LogP contribution in [0.15, 0.2) is 18.2 Å². The molecule has 1 fully saturated rings. The summed E-state index contributed by atoms with van der Waals surface area (Å²) in [6.45, 7) is 0.831. The van der Waals surface area contributed by atoms with Gasteiger partial charge in [-0.2, -0.15) is 0 Å². The van der Waals surface area contributed by atoms with Gasteiger partial charge in [0, 0.05) is 12.5 Å². The van der Waals surface area contributed by atoms with Gasteiger partial charge in [-0.1, -0.05) is 31.4 Å². The fourth-order valence-corrected chi connectivity index (χ4v) is 3.18. The molecule has 2 nitrogen and oxygen atoms in total. The number of fused-ring (bicyclic) bond motifs is 1. The Bertz CT molecular complexity index is 396. The maximum absolute atomic E-state index is 6.42. The highest BCUT2D eigenvalue weighted by Crippen LogP contribution is 2.35. The lowest BCUT2D eigenvalue weighted by Gasteiger charge is -2.28. The molecule has 1 aromatic carbocycles. The molecule has 1 aliphatic heterocycles. The van der Waals surface area contributed by atoms with E-state index >= 15 is 0 Å². The molecule has 17 heavy (non-hydrogen) atoms. The van der Waals surface area contributed by atoms with E-state index in [1.165, 1.54) is 43.2 Å². The molecule has 0 bridgehead atoms. The van der Waals surface area contributed by atoms with Gasteiger partial charge in [0.25, 0.3) is 0 Å². The Balaban J connectivity index is 1.78. The Hall–Kier alpha value is -1.02. The van der Waals surface area contributed by atoms with Crippen molar-refractivity contribution in [2.45, 2.75) is 44.6 Å². The molecule has 1 atom stereocenters. The zero-order chi connectivity index (χ0) is 11.7. The fourth-order valence-electron chi connectivity index (χ4n) is 3.18. The monoisotopic (exact) mass is 231 g/mol. The fraction of sp³-hybridized carbons (Fsp3) is 0.600. The summed E-state index contributed by atoms with van der Waals surface area (Å²) in [7, 11) is 0. The lowest BCUT2D eigenvalue weighted by molar-refractivity contribution is 0.308. The molecule has 1 aliphatic carbocycles. The molecule has 1 saturated carbocycles. The van der Waals surface area contributed by atoms with Crippen molar-refractivity contribution in [1.29, 1.82) is 0 Å². The average Bonchev–Trinajstić information content (AvgIpc) is 2.86. The van der Waals surface area contributed by atoms with Crippen LogP contribution in [0.25, 0.3) is 0 Å². The van der Waals surface area contributed by atoms with Gasteiger partial charge in [0.05, 0.1) is 6.61 Å². The van der Waals surface area contributed by atoms with Crippen molar-refractivity contribution in [2.24, 2.45) is 11.7 Å². The minimum Gasteiger partial charge on any atom is -0.493 e. The largest absolute Gasteiger partial charge is 0.493 e. The molecule has 1 heterocycles. The predicted octanol–water partition coefficient (Wildman–Crippen LogP) is 3.20. The highest BCUT2D eigenvalue weighted by Gasteiger charge is 2.23. The highest BCUT2D eigenvalue weighted by molar-refractivity contribution is 5.40. The van der Waals surface area contributed by atoms with E-state index in [9.17, 15) is 0 Å². The van der Waals surface area contributed by atoms with E-state index in [0.717, 1.165) is 18.8 Å². The molecule has 2 heteroatoms. The first kappa shape index (κ1) is 11.1. The number of nitrogens with two attached hydrogens (primary N) is 1. The topological polar surface area (TPSA) is 35.2 Å². The molecule has 0 radical (unpaired) electrons. The second-order valence-corrected chi connectivity index (χ2v) is 5.39. The first-order valence-corrected chi connectivity index (χ1v) is 6.86. The Labute approximate surface area is 103 Å². The first-order valence-electron chi connectivity index (χ1n) is 6.86. The third-order valence-corrected chi connectivity index (χ3v) is 4.26. The van der Waals surface area contributed by atoms with Crippen LogP contribution in [-0.4, -0.2) is 6.61 Å². The van der Waals surface area contributed by atoms with Crippen molar-refractivity contribution in [3.8, 4) is 5.75 Å². The SMILES string of the molecule is N[C@@H](c1ccc2c(c1)CCO2)C1CCCCC1. The smallest absolute Gasteiger partial charge is 0.122 e. The molecule has 0 spiro atoms. The maximum atomic E-state index is 6.42. The Kier molecular flexibility index (Phi) is 3.06. The van der Waals surface area contributed by atoms with Gasteiger partial charge >= 0.3 is 0 Å². The Morgan fingerprint density at radius 2 is 2.00 bits per heavy atom.